The molecule has 1 saturated heterocycles. The molecule has 3 rings (SSSR count). The molecule has 3 fully saturated rings. The van der Waals surface area contributed by atoms with Crippen molar-refractivity contribution in [1.29, 1.82) is 0 Å². The summed E-state index contributed by atoms with van der Waals surface area (Å²) in [6.45, 7) is 8.51. The zero-order valence-corrected chi connectivity index (χ0v) is 11.1. The molecule has 3 atom stereocenters. The predicted octanol–water partition coefficient (Wildman–Crippen LogP) is 1.59. The number of piperazine rings is 1. The summed E-state index contributed by atoms with van der Waals surface area (Å²) in [5, 5.41) is 0. The van der Waals surface area contributed by atoms with Crippen molar-refractivity contribution < 1.29 is 4.79 Å². The molecule has 96 valence electrons. The molecule has 2 saturated carbocycles. The smallest absolute Gasteiger partial charge is 0.225 e. The third-order valence-corrected chi connectivity index (χ3v) is 5.08. The van der Waals surface area contributed by atoms with Gasteiger partial charge in [-0.1, -0.05) is 6.92 Å². The Labute approximate surface area is 104 Å². The van der Waals surface area contributed by atoms with Gasteiger partial charge in [0.2, 0.25) is 5.91 Å². The first-order valence-corrected chi connectivity index (χ1v) is 7.22. The molecule has 0 aromatic carbocycles. The van der Waals surface area contributed by atoms with E-state index >= 15 is 0 Å². The van der Waals surface area contributed by atoms with E-state index in [-0.39, 0.29) is 0 Å². The second-order valence-corrected chi connectivity index (χ2v) is 6.19. The summed E-state index contributed by atoms with van der Waals surface area (Å²) < 4.78 is 0. The molecule has 2 aliphatic carbocycles. The molecule has 0 aromatic heterocycles. The van der Waals surface area contributed by atoms with Crippen LogP contribution in [0.5, 0.6) is 0 Å². The van der Waals surface area contributed by atoms with Gasteiger partial charge in [0.1, 0.15) is 0 Å². The molecule has 3 unspecified atom stereocenters. The molecule has 0 radical (unpaired) electrons. The van der Waals surface area contributed by atoms with Crippen molar-refractivity contribution in [3.8, 4) is 0 Å². The largest absolute Gasteiger partial charge is 0.340 e. The van der Waals surface area contributed by atoms with Gasteiger partial charge in [-0.2, -0.15) is 0 Å². The number of hydrogen-bond acceptors (Lipinski definition) is 2. The van der Waals surface area contributed by atoms with E-state index in [4.69, 9.17) is 0 Å². The highest BCUT2D eigenvalue weighted by Crippen LogP contribution is 2.54. The van der Waals surface area contributed by atoms with Gasteiger partial charge >= 0.3 is 0 Å². The third-order valence-electron chi connectivity index (χ3n) is 5.08. The number of hydrogen-bond donors (Lipinski definition) is 0. The Kier molecular flexibility index (Phi) is 2.89. The maximum absolute atomic E-state index is 12.4. The standard InChI is InChI=1S/C14H24N2O/c1-3-15-4-5-16(9-10(15)2)14(17)13-7-11-6-12(11)8-13/h10-13H,3-9H2,1-2H3. The van der Waals surface area contributed by atoms with Crippen molar-refractivity contribution in [1.82, 2.24) is 9.80 Å². The maximum atomic E-state index is 12.4. The van der Waals surface area contributed by atoms with E-state index < -0.39 is 0 Å². The van der Waals surface area contributed by atoms with Gasteiger partial charge in [-0.25, -0.2) is 0 Å². The lowest BCUT2D eigenvalue weighted by Crippen LogP contribution is -2.54. The van der Waals surface area contributed by atoms with Gasteiger partial charge in [-0.15, -0.1) is 0 Å². The van der Waals surface area contributed by atoms with Gasteiger partial charge < -0.3 is 4.90 Å². The molecule has 3 aliphatic rings. The zero-order valence-electron chi connectivity index (χ0n) is 11.1. The molecular formula is C14H24N2O. The second-order valence-electron chi connectivity index (χ2n) is 6.19. The zero-order chi connectivity index (χ0) is 12.0. The highest BCUT2D eigenvalue weighted by Gasteiger charge is 2.49. The van der Waals surface area contributed by atoms with Crippen LogP contribution in [0.15, 0.2) is 0 Å². The van der Waals surface area contributed by atoms with E-state index in [1.54, 1.807) is 0 Å². The van der Waals surface area contributed by atoms with E-state index in [1.807, 2.05) is 0 Å². The minimum atomic E-state index is 0.374. The molecule has 17 heavy (non-hydrogen) atoms. The first-order chi connectivity index (χ1) is 8.19. The summed E-state index contributed by atoms with van der Waals surface area (Å²) in [5.41, 5.74) is 0. The van der Waals surface area contributed by atoms with Crippen molar-refractivity contribution in [2.75, 3.05) is 26.2 Å². The highest BCUT2D eigenvalue weighted by molar-refractivity contribution is 5.79. The normalized spacial score (nSPS) is 41.4. The Balaban J connectivity index is 1.56. The van der Waals surface area contributed by atoms with E-state index in [2.05, 4.69) is 23.6 Å². The Morgan fingerprint density at radius 2 is 1.88 bits per heavy atom. The van der Waals surface area contributed by atoms with Gasteiger partial charge in [0, 0.05) is 31.6 Å². The van der Waals surface area contributed by atoms with Crippen LogP contribution < -0.4 is 0 Å². The molecule has 0 aromatic rings. The molecule has 3 nitrogen and oxygen atoms in total. The number of amides is 1. The molecule has 0 N–H and O–H groups in total. The number of fused-ring (bicyclic) bond motifs is 1. The summed E-state index contributed by atoms with van der Waals surface area (Å²) in [6.07, 6.45) is 3.78. The Bertz CT molecular complexity index is 307. The van der Waals surface area contributed by atoms with Crippen LogP contribution in [0, 0.1) is 17.8 Å². The number of carbonyl (C=O) groups is 1. The van der Waals surface area contributed by atoms with Crippen LogP contribution in [0.1, 0.15) is 33.1 Å². The Morgan fingerprint density at radius 3 is 2.47 bits per heavy atom. The first-order valence-electron chi connectivity index (χ1n) is 7.22. The van der Waals surface area contributed by atoms with Gasteiger partial charge in [0.15, 0.2) is 0 Å². The van der Waals surface area contributed by atoms with Crippen LogP contribution in [-0.2, 0) is 4.79 Å². The minimum absolute atomic E-state index is 0.374. The lowest BCUT2D eigenvalue weighted by atomic mass is 10.0. The van der Waals surface area contributed by atoms with E-state index in [9.17, 15) is 4.79 Å². The lowest BCUT2D eigenvalue weighted by Gasteiger charge is -2.40. The second kappa shape index (κ2) is 4.27. The average Bonchev–Trinajstić information content (AvgIpc) is 2.95. The number of likely N-dealkylation sites (N-methyl/N-ethyl adjacent to an activating group) is 1. The van der Waals surface area contributed by atoms with E-state index in [0.29, 0.717) is 17.9 Å². The summed E-state index contributed by atoms with van der Waals surface area (Å²) in [4.78, 5) is 17.0. The SMILES string of the molecule is CCN1CCN(C(=O)C2CC3CC3C2)CC1C. The number of nitrogens with zero attached hydrogens (tertiary/aromatic N) is 2. The molecule has 1 heterocycles. The molecule has 3 heteroatoms. The topological polar surface area (TPSA) is 23.6 Å². The summed E-state index contributed by atoms with van der Waals surface area (Å²) in [6, 6.07) is 0.536. The van der Waals surface area contributed by atoms with Crippen molar-refractivity contribution in [2.45, 2.75) is 39.2 Å². The quantitative estimate of drug-likeness (QED) is 0.727. The highest BCUT2D eigenvalue weighted by atomic mass is 16.2. The van der Waals surface area contributed by atoms with Crippen LogP contribution >= 0.6 is 0 Å². The third kappa shape index (κ3) is 2.10. The molecule has 1 amide bonds. The maximum Gasteiger partial charge on any atom is 0.225 e. The van der Waals surface area contributed by atoms with Crippen LogP contribution in [0.3, 0.4) is 0 Å². The Hall–Kier alpha value is -0.570. The van der Waals surface area contributed by atoms with Gasteiger partial charge in [0.25, 0.3) is 0 Å². The molecular weight excluding hydrogens is 212 g/mol. The van der Waals surface area contributed by atoms with E-state index in [0.717, 1.165) is 38.0 Å². The fourth-order valence-corrected chi connectivity index (χ4v) is 3.84. The fraction of sp³-hybridized carbons (Fsp3) is 0.929. The van der Waals surface area contributed by atoms with Crippen LogP contribution in [0.4, 0.5) is 0 Å². The molecule has 0 bridgehead atoms. The number of carbonyl (C=O) groups excluding carboxylic acids is 1. The minimum Gasteiger partial charge on any atom is -0.340 e. The van der Waals surface area contributed by atoms with E-state index in [1.165, 1.54) is 19.3 Å². The Morgan fingerprint density at radius 1 is 1.18 bits per heavy atom. The van der Waals surface area contributed by atoms with Crippen molar-refractivity contribution in [2.24, 2.45) is 17.8 Å². The predicted molar refractivity (Wildman–Crippen MR) is 67.6 cm³/mol. The number of rotatable bonds is 2. The summed E-state index contributed by atoms with van der Waals surface area (Å²) >= 11 is 0. The summed E-state index contributed by atoms with van der Waals surface area (Å²) in [5.74, 6) is 2.66. The van der Waals surface area contributed by atoms with Crippen LogP contribution in [0.2, 0.25) is 0 Å². The lowest BCUT2D eigenvalue weighted by molar-refractivity contribution is -0.138. The summed E-state index contributed by atoms with van der Waals surface area (Å²) in [7, 11) is 0. The molecule has 1 aliphatic heterocycles. The van der Waals surface area contributed by atoms with Crippen molar-refractivity contribution in [3.05, 3.63) is 0 Å². The average molecular weight is 236 g/mol. The van der Waals surface area contributed by atoms with Crippen molar-refractivity contribution >= 4 is 5.91 Å². The van der Waals surface area contributed by atoms with Crippen LogP contribution in [0.25, 0.3) is 0 Å². The van der Waals surface area contributed by atoms with Gasteiger partial charge in [-0.3, -0.25) is 9.69 Å². The van der Waals surface area contributed by atoms with Crippen LogP contribution in [-0.4, -0.2) is 47.9 Å². The monoisotopic (exact) mass is 236 g/mol. The first kappa shape index (κ1) is 11.5. The fourth-order valence-electron chi connectivity index (χ4n) is 3.84. The van der Waals surface area contributed by atoms with Gasteiger partial charge in [-0.05, 0) is 44.6 Å². The van der Waals surface area contributed by atoms with Crippen molar-refractivity contribution in [3.63, 3.8) is 0 Å². The van der Waals surface area contributed by atoms with Gasteiger partial charge in [0.05, 0.1) is 0 Å². The molecule has 0 spiro atoms.